The van der Waals surface area contributed by atoms with Gasteiger partial charge in [-0.15, -0.1) is 0 Å². The molecule has 0 saturated heterocycles. The predicted octanol–water partition coefficient (Wildman–Crippen LogP) is 2.61. The van der Waals surface area contributed by atoms with Crippen LogP contribution in [-0.2, 0) is 13.6 Å². The third-order valence-corrected chi connectivity index (χ3v) is 3.37. The van der Waals surface area contributed by atoms with Crippen LogP contribution in [-0.4, -0.2) is 11.7 Å². The second-order valence-electron chi connectivity index (χ2n) is 3.83. The molecule has 2 rings (SSSR count). The number of rotatable bonds is 2. The van der Waals surface area contributed by atoms with Crippen LogP contribution in [0.4, 0.5) is 0 Å². The summed E-state index contributed by atoms with van der Waals surface area (Å²) in [7, 11) is 3.63. The van der Waals surface area contributed by atoms with E-state index in [2.05, 4.69) is 4.57 Å². The Kier molecular flexibility index (Phi) is 2.82. The summed E-state index contributed by atoms with van der Waals surface area (Å²) in [6.45, 7) is 2.55. The standard InChI is InChI=1S/C12H15ClN2O/c1-7-10(6-14)9-4-8(16-3)5-11(13)12(9)15(7)2/h4-5H,6,14H2,1-3H3. The number of halogens is 1. The van der Waals surface area contributed by atoms with Crippen LogP contribution < -0.4 is 10.5 Å². The van der Waals surface area contributed by atoms with Crippen LogP contribution in [0.15, 0.2) is 12.1 Å². The second-order valence-corrected chi connectivity index (χ2v) is 4.24. The third kappa shape index (κ3) is 1.47. The van der Waals surface area contributed by atoms with E-state index in [-0.39, 0.29) is 0 Å². The molecule has 2 aromatic rings. The summed E-state index contributed by atoms with van der Waals surface area (Å²) in [5, 5.41) is 1.77. The number of methoxy groups -OCH3 is 1. The van der Waals surface area contributed by atoms with Crippen molar-refractivity contribution >= 4 is 22.5 Å². The number of nitrogens with two attached hydrogens (primary N) is 1. The van der Waals surface area contributed by atoms with Crippen LogP contribution in [0.5, 0.6) is 5.75 Å². The Hall–Kier alpha value is -1.19. The van der Waals surface area contributed by atoms with Crippen molar-refractivity contribution in [3.8, 4) is 5.75 Å². The van der Waals surface area contributed by atoms with Gasteiger partial charge in [-0.1, -0.05) is 11.6 Å². The summed E-state index contributed by atoms with van der Waals surface area (Å²) in [4.78, 5) is 0. The molecular weight excluding hydrogens is 224 g/mol. The van der Waals surface area contributed by atoms with Crippen molar-refractivity contribution in [2.24, 2.45) is 12.8 Å². The van der Waals surface area contributed by atoms with Crippen molar-refractivity contribution in [3.05, 3.63) is 28.4 Å². The van der Waals surface area contributed by atoms with Gasteiger partial charge in [-0.2, -0.15) is 0 Å². The van der Waals surface area contributed by atoms with E-state index < -0.39 is 0 Å². The smallest absolute Gasteiger partial charge is 0.121 e. The van der Waals surface area contributed by atoms with Crippen LogP contribution in [0.1, 0.15) is 11.3 Å². The fourth-order valence-electron chi connectivity index (χ4n) is 2.09. The number of hydrogen-bond acceptors (Lipinski definition) is 2. The first-order valence-corrected chi connectivity index (χ1v) is 5.49. The Balaban J connectivity index is 2.89. The van der Waals surface area contributed by atoms with Crippen molar-refractivity contribution < 1.29 is 4.74 Å². The number of fused-ring (bicyclic) bond motifs is 1. The van der Waals surface area contributed by atoms with Crippen molar-refractivity contribution in [3.63, 3.8) is 0 Å². The fourth-order valence-corrected chi connectivity index (χ4v) is 2.42. The minimum absolute atomic E-state index is 0.507. The monoisotopic (exact) mass is 238 g/mol. The molecular formula is C12H15ClN2O. The van der Waals surface area contributed by atoms with Gasteiger partial charge in [0.05, 0.1) is 17.6 Å². The van der Waals surface area contributed by atoms with E-state index in [0.29, 0.717) is 11.6 Å². The molecule has 2 N–H and O–H groups in total. The molecule has 0 bridgehead atoms. The van der Waals surface area contributed by atoms with Gasteiger partial charge in [0.2, 0.25) is 0 Å². The molecule has 0 amide bonds. The lowest BCUT2D eigenvalue weighted by molar-refractivity contribution is 0.415. The van der Waals surface area contributed by atoms with Crippen molar-refractivity contribution in [1.29, 1.82) is 0 Å². The molecule has 16 heavy (non-hydrogen) atoms. The first kappa shape index (κ1) is 11.3. The largest absolute Gasteiger partial charge is 0.497 e. The van der Waals surface area contributed by atoms with Crippen LogP contribution >= 0.6 is 11.6 Å². The second kappa shape index (κ2) is 4.00. The number of aromatic nitrogens is 1. The third-order valence-electron chi connectivity index (χ3n) is 3.08. The van der Waals surface area contributed by atoms with Gasteiger partial charge in [-0.05, 0) is 18.6 Å². The average Bonchev–Trinajstić information content (AvgIpc) is 2.51. The van der Waals surface area contributed by atoms with Crippen molar-refractivity contribution in [1.82, 2.24) is 4.57 Å². The highest BCUT2D eigenvalue weighted by molar-refractivity contribution is 6.35. The highest BCUT2D eigenvalue weighted by Gasteiger charge is 2.14. The lowest BCUT2D eigenvalue weighted by atomic mass is 10.1. The number of ether oxygens (including phenoxy) is 1. The summed E-state index contributed by atoms with van der Waals surface area (Å²) in [5.41, 5.74) is 9.06. The van der Waals surface area contributed by atoms with Crippen LogP contribution in [0.3, 0.4) is 0 Å². The van der Waals surface area contributed by atoms with Gasteiger partial charge in [0.25, 0.3) is 0 Å². The first-order chi connectivity index (χ1) is 7.60. The van der Waals surface area contributed by atoms with E-state index in [1.165, 1.54) is 0 Å². The van der Waals surface area contributed by atoms with Crippen LogP contribution in [0.25, 0.3) is 10.9 Å². The van der Waals surface area contributed by atoms with Gasteiger partial charge in [0.15, 0.2) is 0 Å². The van der Waals surface area contributed by atoms with Gasteiger partial charge in [0.1, 0.15) is 5.75 Å². The van der Waals surface area contributed by atoms with Crippen molar-refractivity contribution in [2.45, 2.75) is 13.5 Å². The maximum Gasteiger partial charge on any atom is 0.121 e. The van der Waals surface area contributed by atoms with E-state index in [1.54, 1.807) is 7.11 Å². The molecule has 0 radical (unpaired) electrons. The summed E-state index contributed by atoms with van der Waals surface area (Å²) < 4.78 is 7.29. The van der Waals surface area contributed by atoms with E-state index in [9.17, 15) is 0 Å². The Bertz CT molecular complexity index is 546. The lowest BCUT2D eigenvalue weighted by Crippen LogP contribution is -1.99. The number of hydrogen-bond donors (Lipinski definition) is 1. The van der Waals surface area contributed by atoms with E-state index in [0.717, 1.165) is 27.9 Å². The minimum Gasteiger partial charge on any atom is -0.497 e. The topological polar surface area (TPSA) is 40.2 Å². The van der Waals surface area contributed by atoms with Crippen LogP contribution in [0.2, 0.25) is 5.02 Å². The Labute approximate surface area is 99.7 Å². The molecule has 0 aliphatic rings. The van der Waals surface area contributed by atoms with Gasteiger partial charge < -0.3 is 15.0 Å². The normalized spacial score (nSPS) is 11.1. The zero-order valence-corrected chi connectivity index (χ0v) is 10.4. The molecule has 0 unspecified atom stereocenters. The zero-order valence-electron chi connectivity index (χ0n) is 9.67. The van der Waals surface area contributed by atoms with Gasteiger partial charge in [-0.25, -0.2) is 0 Å². The summed E-state index contributed by atoms with van der Waals surface area (Å²) >= 11 is 6.25. The molecule has 0 aliphatic heterocycles. The number of benzene rings is 1. The molecule has 86 valence electrons. The zero-order chi connectivity index (χ0) is 11.9. The van der Waals surface area contributed by atoms with E-state index >= 15 is 0 Å². The molecule has 1 heterocycles. The molecule has 4 heteroatoms. The Morgan fingerprint density at radius 1 is 1.44 bits per heavy atom. The van der Waals surface area contributed by atoms with Gasteiger partial charge >= 0.3 is 0 Å². The highest BCUT2D eigenvalue weighted by atomic mass is 35.5. The van der Waals surface area contributed by atoms with E-state index in [1.807, 2.05) is 26.1 Å². The molecule has 1 aromatic carbocycles. The highest BCUT2D eigenvalue weighted by Crippen LogP contribution is 2.34. The lowest BCUT2D eigenvalue weighted by Gasteiger charge is -2.04. The maximum absolute atomic E-state index is 6.25. The van der Waals surface area contributed by atoms with Crippen molar-refractivity contribution in [2.75, 3.05) is 7.11 Å². The summed E-state index contributed by atoms with van der Waals surface area (Å²) in [5.74, 6) is 0.762. The fraction of sp³-hybridized carbons (Fsp3) is 0.333. The number of nitrogens with zero attached hydrogens (tertiary/aromatic N) is 1. The molecule has 3 nitrogen and oxygen atoms in total. The maximum atomic E-state index is 6.25. The average molecular weight is 239 g/mol. The number of aryl methyl sites for hydroxylation is 1. The SMILES string of the molecule is COc1cc(Cl)c2c(c1)c(CN)c(C)n2C. The molecule has 0 spiro atoms. The van der Waals surface area contributed by atoms with E-state index in [4.69, 9.17) is 22.1 Å². The first-order valence-electron chi connectivity index (χ1n) is 5.11. The minimum atomic E-state index is 0.507. The molecule has 1 aromatic heterocycles. The Morgan fingerprint density at radius 3 is 2.69 bits per heavy atom. The van der Waals surface area contributed by atoms with Crippen LogP contribution in [0, 0.1) is 6.92 Å². The summed E-state index contributed by atoms with van der Waals surface area (Å²) in [6, 6.07) is 3.81. The van der Waals surface area contributed by atoms with Gasteiger partial charge in [-0.3, -0.25) is 0 Å². The quantitative estimate of drug-likeness (QED) is 0.874. The molecule has 0 saturated carbocycles. The molecule has 0 atom stereocenters. The van der Waals surface area contributed by atoms with Gasteiger partial charge in [0, 0.05) is 30.7 Å². The molecule has 0 fully saturated rings. The Morgan fingerprint density at radius 2 is 2.12 bits per heavy atom. The predicted molar refractivity (Wildman–Crippen MR) is 67.1 cm³/mol. The molecule has 0 aliphatic carbocycles. The summed E-state index contributed by atoms with van der Waals surface area (Å²) in [6.07, 6.45) is 0.